The second kappa shape index (κ2) is 3.40. The number of hydrogen-bond acceptors (Lipinski definition) is 1. The SMILES string of the molecule is C(=C1CNC1)C1CCCCC1. The zero-order chi connectivity index (χ0) is 7.52. The molecule has 2 fully saturated rings. The number of nitrogens with one attached hydrogen (secondary N) is 1. The van der Waals surface area contributed by atoms with Crippen LogP contribution >= 0.6 is 0 Å². The predicted molar refractivity (Wildman–Crippen MR) is 47.5 cm³/mol. The Hall–Kier alpha value is -0.300. The normalized spacial score (nSPS) is 26.4. The summed E-state index contributed by atoms with van der Waals surface area (Å²) in [6, 6.07) is 0. The maximum absolute atomic E-state index is 3.28. The third-order valence-corrected chi connectivity index (χ3v) is 2.83. The third kappa shape index (κ3) is 1.84. The average Bonchev–Trinajstić information content (AvgIpc) is 1.99. The zero-order valence-corrected chi connectivity index (χ0v) is 7.10. The van der Waals surface area contributed by atoms with E-state index >= 15 is 0 Å². The summed E-state index contributed by atoms with van der Waals surface area (Å²) < 4.78 is 0. The Balaban J connectivity index is 1.83. The van der Waals surface area contributed by atoms with E-state index in [-0.39, 0.29) is 0 Å². The molecule has 1 saturated carbocycles. The van der Waals surface area contributed by atoms with E-state index in [9.17, 15) is 0 Å². The molecule has 11 heavy (non-hydrogen) atoms. The van der Waals surface area contributed by atoms with Gasteiger partial charge in [-0.25, -0.2) is 0 Å². The fourth-order valence-corrected chi connectivity index (χ4v) is 2.02. The van der Waals surface area contributed by atoms with Gasteiger partial charge in [0.15, 0.2) is 0 Å². The van der Waals surface area contributed by atoms with Gasteiger partial charge in [-0.2, -0.15) is 0 Å². The van der Waals surface area contributed by atoms with Crippen LogP contribution in [0.3, 0.4) is 0 Å². The van der Waals surface area contributed by atoms with Crippen LogP contribution < -0.4 is 5.32 Å². The molecule has 1 aliphatic heterocycles. The molecule has 1 aliphatic carbocycles. The second-order valence-corrected chi connectivity index (χ2v) is 3.83. The molecular formula is C10H17N. The average molecular weight is 151 g/mol. The van der Waals surface area contributed by atoms with Crippen LogP contribution in [0.5, 0.6) is 0 Å². The minimum Gasteiger partial charge on any atom is -0.309 e. The van der Waals surface area contributed by atoms with Crippen LogP contribution in [0.15, 0.2) is 11.6 Å². The highest BCUT2D eigenvalue weighted by Crippen LogP contribution is 2.25. The lowest BCUT2D eigenvalue weighted by atomic mass is 9.87. The summed E-state index contributed by atoms with van der Waals surface area (Å²) in [6.45, 7) is 2.33. The number of allylic oxidation sites excluding steroid dienone is 1. The summed E-state index contributed by atoms with van der Waals surface area (Å²) in [4.78, 5) is 0. The summed E-state index contributed by atoms with van der Waals surface area (Å²) >= 11 is 0. The maximum Gasteiger partial charge on any atom is 0.0180 e. The minimum atomic E-state index is 0.931. The summed E-state index contributed by atoms with van der Waals surface area (Å²) in [6.07, 6.45) is 9.81. The molecule has 0 aromatic carbocycles. The Bertz CT molecular complexity index is 148. The molecule has 0 radical (unpaired) electrons. The van der Waals surface area contributed by atoms with Crippen molar-refractivity contribution in [2.24, 2.45) is 5.92 Å². The molecule has 0 atom stereocenters. The standard InChI is InChI=1S/C10H17N/c1-2-4-9(5-3-1)6-10-7-11-8-10/h6,9,11H,1-5,7-8H2. The van der Waals surface area contributed by atoms with Gasteiger partial charge in [-0.05, 0) is 24.3 Å². The van der Waals surface area contributed by atoms with Gasteiger partial charge in [0.05, 0.1) is 0 Å². The zero-order valence-electron chi connectivity index (χ0n) is 7.10. The van der Waals surface area contributed by atoms with E-state index in [0.29, 0.717) is 0 Å². The molecule has 0 unspecified atom stereocenters. The molecule has 1 heteroatoms. The quantitative estimate of drug-likeness (QED) is 0.566. The van der Waals surface area contributed by atoms with Gasteiger partial charge >= 0.3 is 0 Å². The van der Waals surface area contributed by atoms with Crippen molar-refractivity contribution in [1.82, 2.24) is 5.32 Å². The minimum absolute atomic E-state index is 0.931. The third-order valence-electron chi connectivity index (χ3n) is 2.83. The van der Waals surface area contributed by atoms with Gasteiger partial charge < -0.3 is 5.32 Å². The van der Waals surface area contributed by atoms with Crippen molar-refractivity contribution < 1.29 is 0 Å². The van der Waals surface area contributed by atoms with E-state index in [2.05, 4.69) is 11.4 Å². The summed E-state index contributed by atoms with van der Waals surface area (Å²) in [5, 5.41) is 3.28. The van der Waals surface area contributed by atoms with Crippen LogP contribution in [0, 0.1) is 5.92 Å². The van der Waals surface area contributed by atoms with Gasteiger partial charge in [0, 0.05) is 13.1 Å². The van der Waals surface area contributed by atoms with E-state index in [1.54, 1.807) is 5.57 Å². The predicted octanol–water partition coefficient (Wildman–Crippen LogP) is 2.10. The van der Waals surface area contributed by atoms with E-state index in [1.165, 1.54) is 32.1 Å². The molecule has 1 heterocycles. The lowest BCUT2D eigenvalue weighted by Gasteiger charge is -2.24. The van der Waals surface area contributed by atoms with Crippen LogP contribution in [-0.4, -0.2) is 13.1 Å². The fourth-order valence-electron chi connectivity index (χ4n) is 2.02. The summed E-state index contributed by atoms with van der Waals surface area (Å²) in [5.41, 5.74) is 1.65. The number of hydrogen-bond donors (Lipinski definition) is 1. The maximum atomic E-state index is 3.28. The first-order valence-corrected chi connectivity index (χ1v) is 4.85. The Morgan fingerprint density at radius 2 is 1.82 bits per heavy atom. The lowest BCUT2D eigenvalue weighted by Crippen LogP contribution is -2.34. The Kier molecular flexibility index (Phi) is 2.27. The van der Waals surface area contributed by atoms with Crippen molar-refractivity contribution in [1.29, 1.82) is 0 Å². The Labute approximate surface area is 68.9 Å². The second-order valence-electron chi connectivity index (χ2n) is 3.83. The van der Waals surface area contributed by atoms with Crippen molar-refractivity contribution >= 4 is 0 Å². The topological polar surface area (TPSA) is 12.0 Å². The van der Waals surface area contributed by atoms with Crippen LogP contribution in [0.4, 0.5) is 0 Å². The van der Waals surface area contributed by atoms with Crippen molar-refractivity contribution in [3.05, 3.63) is 11.6 Å². The highest BCUT2D eigenvalue weighted by molar-refractivity contribution is 5.15. The summed E-state index contributed by atoms with van der Waals surface area (Å²) in [7, 11) is 0. The van der Waals surface area contributed by atoms with Gasteiger partial charge in [0.2, 0.25) is 0 Å². The highest BCUT2D eigenvalue weighted by Gasteiger charge is 2.14. The van der Waals surface area contributed by atoms with Crippen molar-refractivity contribution in [2.45, 2.75) is 32.1 Å². The lowest BCUT2D eigenvalue weighted by molar-refractivity contribution is 0.414. The number of rotatable bonds is 1. The summed E-state index contributed by atoms with van der Waals surface area (Å²) in [5.74, 6) is 0.931. The molecular weight excluding hydrogens is 134 g/mol. The molecule has 1 nitrogen and oxygen atoms in total. The van der Waals surface area contributed by atoms with Gasteiger partial charge in [0.25, 0.3) is 0 Å². The van der Waals surface area contributed by atoms with Crippen LogP contribution in [0.2, 0.25) is 0 Å². The van der Waals surface area contributed by atoms with Crippen LogP contribution in [0.25, 0.3) is 0 Å². The van der Waals surface area contributed by atoms with Crippen LogP contribution in [-0.2, 0) is 0 Å². The highest BCUT2D eigenvalue weighted by atomic mass is 14.9. The molecule has 1 saturated heterocycles. The fraction of sp³-hybridized carbons (Fsp3) is 0.800. The Morgan fingerprint density at radius 3 is 2.36 bits per heavy atom. The largest absolute Gasteiger partial charge is 0.309 e. The molecule has 62 valence electrons. The Morgan fingerprint density at radius 1 is 1.09 bits per heavy atom. The van der Waals surface area contributed by atoms with Crippen LogP contribution in [0.1, 0.15) is 32.1 Å². The first kappa shape index (κ1) is 7.35. The molecule has 0 spiro atoms. The molecule has 0 bridgehead atoms. The van der Waals surface area contributed by atoms with Gasteiger partial charge in [0.1, 0.15) is 0 Å². The van der Waals surface area contributed by atoms with E-state index in [0.717, 1.165) is 19.0 Å². The smallest absolute Gasteiger partial charge is 0.0180 e. The van der Waals surface area contributed by atoms with E-state index < -0.39 is 0 Å². The van der Waals surface area contributed by atoms with Gasteiger partial charge in [-0.3, -0.25) is 0 Å². The van der Waals surface area contributed by atoms with Gasteiger partial charge in [-0.15, -0.1) is 0 Å². The van der Waals surface area contributed by atoms with Crippen molar-refractivity contribution in [3.63, 3.8) is 0 Å². The van der Waals surface area contributed by atoms with Gasteiger partial charge in [-0.1, -0.05) is 25.3 Å². The van der Waals surface area contributed by atoms with E-state index in [4.69, 9.17) is 0 Å². The first-order valence-electron chi connectivity index (χ1n) is 4.85. The van der Waals surface area contributed by atoms with Crippen molar-refractivity contribution in [3.8, 4) is 0 Å². The monoisotopic (exact) mass is 151 g/mol. The van der Waals surface area contributed by atoms with E-state index in [1.807, 2.05) is 0 Å². The van der Waals surface area contributed by atoms with Crippen molar-refractivity contribution in [2.75, 3.05) is 13.1 Å². The first-order chi connectivity index (χ1) is 5.45. The molecule has 2 rings (SSSR count). The molecule has 2 aliphatic rings. The molecule has 0 aromatic heterocycles. The molecule has 1 N–H and O–H groups in total. The molecule has 0 aromatic rings. The molecule has 0 amide bonds.